The molecule has 0 radical (unpaired) electrons. The number of unbranched alkanes of at least 4 members (excludes halogenated alkanes) is 1. The summed E-state index contributed by atoms with van der Waals surface area (Å²) in [5.41, 5.74) is 5.55. The molecule has 0 aromatic heterocycles. The maximum atomic E-state index is 13.0. The Labute approximate surface area is 184 Å². The van der Waals surface area contributed by atoms with E-state index in [1.54, 1.807) is 27.7 Å². The van der Waals surface area contributed by atoms with Crippen molar-refractivity contribution in [1.29, 1.82) is 0 Å². The molecule has 1 heterocycles. The van der Waals surface area contributed by atoms with E-state index in [0.29, 0.717) is 32.2 Å². The zero-order chi connectivity index (χ0) is 23.6. The number of nitrogens with two attached hydrogens (primary N) is 1. The average molecular weight is 442 g/mol. The van der Waals surface area contributed by atoms with Gasteiger partial charge in [-0.3, -0.25) is 14.4 Å². The van der Waals surface area contributed by atoms with Gasteiger partial charge in [-0.25, -0.2) is 4.79 Å². The second-order valence-electron chi connectivity index (χ2n) is 8.79. The molecule has 7 N–H and O–H groups in total. The third kappa shape index (κ3) is 8.82. The Morgan fingerprint density at radius 3 is 2.06 bits per heavy atom. The van der Waals surface area contributed by atoms with E-state index in [0.717, 1.165) is 13.0 Å². The van der Waals surface area contributed by atoms with Gasteiger partial charge >= 0.3 is 5.97 Å². The molecule has 3 amide bonds. The van der Waals surface area contributed by atoms with Crippen LogP contribution >= 0.6 is 0 Å². The minimum atomic E-state index is -1.13. The van der Waals surface area contributed by atoms with Gasteiger partial charge in [-0.15, -0.1) is 0 Å². The van der Waals surface area contributed by atoms with Crippen LogP contribution in [0.4, 0.5) is 0 Å². The molecule has 1 aliphatic rings. The van der Waals surface area contributed by atoms with Crippen molar-refractivity contribution >= 4 is 23.7 Å². The van der Waals surface area contributed by atoms with Crippen molar-refractivity contribution in [3.63, 3.8) is 0 Å². The van der Waals surface area contributed by atoms with Crippen LogP contribution in [0.2, 0.25) is 0 Å². The zero-order valence-electron chi connectivity index (χ0n) is 19.1. The first kappa shape index (κ1) is 26.8. The van der Waals surface area contributed by atoms with Gasteiger partial charge in [0.2, 0.25) is 17.7 Å². The number of carbonyl (C=O) groups is 4. The molecular formula is C21H39N5O5. The van der Waals surface area contributed by atoms with E-state index in [1.807, 2.05) is 0 Å². The van der Waals surface area contributed by atoms with Gasteiger partial charge in [0.25, 0.3) is 0 Å². The summed E-state index contributed by atoms with van der Waals surface area (Å²) in [6.45, 7) is 8.16. The summed E-state index contributed by atoms with van der Waals surface area (Å²) in [5, 5.41) is 20.5. The summed E-state index contributed by atoms with van der Waals surface area (Å²) < 4.78 is 0. The van der Waals surface area contributed by atoms with Crippen molar-refractivity contribution in [2.45, 2.75) is 84.0 Å². The number of carbonyl (C=O) groups excluding carboxylic acids is 3. The Bertz CT molecular complexity index is 619. The fraction of sp³-hybridized carbons (Fsp3) is 0.810. The summed E-state index contributed by atoms with van der Waals surface area (Å²) in [6, 6.07) is -3.10. The normalized spacial score (nSPS) is 19.0. The molecule has 1 rings (SSSR count). The fourth-order valence-corrected chi connectivity index (χ4v) is 3.49. The van der Waals surface area contributed by atoms with Crippen molar-refractivity contribution in [2.75, 3.05) is 13.1 Å². The van der Waals surface area contributed by atoms with Gasteiger partial charge in [-0.2, -0.15) is 0 Å². The summed E-state index contributed by atoms with van der Waals surface area (Å²) in [7, 11) is 0. The van der Waals surface area contributed by atoms with Gasteiger partial charge < -0.3 is 32.1 Å². The van der Waals surface area contributed by atoms with Crippen LogP contribution < -0.4 is 27.0 Å². The molecule has 1 saturated heterocycles. The number of hydrogen-bond donors (Lipinski definition) is 6. The molecule has 0 saturated carbocycles. The van der Waals surface area contributed by atoms with E-state index in [2.05, 4.69) is 21.3 Å². The lowest BCUT2D eigenvalue weighted by molar-refractivity contribution is -0.143. The molecule has 10 nitrogen and oxygen atoms in total. The van der Waals surface area contributed by atoms with Crippen molar-refractivity contribution in [2.24, 2.45) is 17.6 Å². The number of carboxylic acid groups (broad SMARTS) is 1. The lowest BCUT2D eigenvalue weighted by atomic mass is 9.99. The van der Waals surface area contributed by atoms with E-state index in [9.17, 15) is 24.3 Å². The van der Waals surface area contributed by atoms with E-state index in [-0.39, 0.29) is 23.8 Å². The van der Waals surface area contributed by atoms with E-state index in [4.69, 9.17) is 5.73 Å². The summed E-state index contributed by atoms with van der Waals surface area (Å²) in [6.07, 6.45) is 3.38. The number of amides is 3. The predicted octanol–water partition coefficient (Wildman–Crippen LogP) is -0.282. The summed E-state index contributed by atoms with van der Waals surface area (Å²) in [4.78, 5) is 49.7. The van der Waals surface area contributed by atoms with Crippen LogP contribution in [0.1, 0.15) is 59.8 Å². The smallest absolute Gasteiger partial charge is 0.326 e. The molecule has 0 bridgehead atoms. The second kappa shape index (κ2) is 13.3. The maximum absolute atomic E-state index is 13.0. The molecule has 1 aliphatic heterocycles. The molecular weight excluding hydrogens is 402 g/mol. The number of rotatable bonds is 13. The van der Waals surface area contributed by atoms with E-state index in [1.165, 1.54) is 0 Å². The second-order valence-corrected chi connectivity index (χ2v) is 8.79. The highest BCUT2D eigenvalue weighted by Crippen LogP contribution is 2.10. The first-order chi connectivity index (χ1) is 14.6. The molecule has 0 aromatic carbocycles. The SMILES string of the molecule is CC(C)C(NC(=O)C(NC(=O)C(CCCCN)NC(=O)C1CCCN1)C(C)C)C(=O)O. The topological polar surface area (TPSA) is 163 Å². The number of nitrogens with one attached hydrogen (secondary N) is 4. The van der Waals surface area contributed by atoms with Gasteiger partial charge in [0.05, 0.1) is 6.04 Å². The van der Waals surface area contributed by atoms with Crippen LogP contribution in [0.25, 0.3) is 0 Å². The van der Waals surface area contributed by atoms with Gasteiger partial charge in [0.15, 0.2) is 0 Å². The average Bonchev–Trinajstić information content (AvgIpc) is 3.23. The molecule has 1 fully saturated rings. The molecule has 4 atom stereocenters. The number of carboxylic acids is 1. The van der Waals surface area contributed by atoms with Crippen LogP contribution in [0, 0.1) is 11.8 Å². The van der Waals surface area contributed by atoms with Crippen molar-refractivity contribution in [3.05, 3.63) is 0 Å². The fourth-order valence-electron chi connectivity index (χ4n) is 3.49. The Kier molecular flexibility index (Phi) is 11.5. The van der Waals surface area contributed by atoms with Crippen molar-refractivity contribution < 1.29 is 24.3 Å². The quantitative estimate of drug-likeness (QED) is 0.214. The zero-order valence-corrected chi connectivity index (χ0v) is 19.1. The Morgan fingerprint density at radius 2 is 1.58 bits per heavy atom. The Morgan fingerprint density at radius 1 is 0.968 bits per heavy atom. The number of aliphatic carboxylic acids is 1. The maximum Gasteiger partial charge on any atom is 0.326 e. The van der Waals surface area contributed by atoms with Gasteiger partial charge in [-0.1, -0.05) is 27.7 Å². The molecule has 0 spiro atoms. The first-order valence-electron chi connectivity index (χ1n) is 11.2. The molecule has 0 aromatic rings. The highest BCUT2D eigenvalue weighted by atomic mass is 16.4. The minimum Gasteiger partial charge on any atom is -0.480 e. The van der Waals surface area contributed by atoms with E-state index < -0.39 is 35.9 Å². The monoisotopic (exact) mass is 441 g/mol. The van der Waals surface area contributed by atoms with Gasteiger partial charge in [-0.05, 0) is 57.0 Å². The molecule has 10 heteroatoms. The Balaban J connectivity index is 2.87. The third-order valence-electron chi connectivity index (χ3n) is 5.43. The molecule has 31 heavy (non-hydrogen) atoms. The summed E-state index contributed by atoms with van der Waals surface area (Å²) in [5.74, 6) is -2.98. The van der Waals surface area contributed by atoms with Crippen LogP contribution in [-0.2, 0) is 19.2 Å². The highest BCUT2D eigenvalue weighted by Gasteiger charge is 2.33. The van der Waals surface area contributed by atoms with Gasteiger partial charge in [0, 0.05) is 0 Å². The van der Waals surface area contributed by atoms with Gasteiger partial charge in [0.1, 0.15) is 18.1 Å². The van der Waals surface area contributed by atoms with Crippen LogP contribution in [-0.4, -0.2) is 66.1 Å². The largest absolute Gasteiger partial charge is 0.480 e. The predicted molar refractivity (Wildman–Crippen MR) is 117 cm³/mol. The van der Waals surface area contributed by atoms with Crippen LogP contribution in [0.5, 0.6) is 0 Å². The first-order valence-corrected chi connectivity index (χ1v) is 11.2. The molecule has 0 aliphatic carbocycles. The van der Waals surface area contributed by atoms with E-state index >= 15 is 0 Å². The summed E-state index contributed by atoms with van der Waals surface area (Å²) >= 11 is 0. The Hall–Kier alpha value is -2.20. The third-order valence-corrected chi connectivity index (χ3v) is 5.43. The van der Waals surface area contributed by atoms with Crippen molar-refractivity contribution in [3.8, 4) is 0 Å². The number of hydrogen-bond acceptors (Lipinski definition) is 6. The minimum absolute atomic E-state index is 0.235. The van der Waals surface area contributed by atoms with Crippen LogP contribution in [0.15, 0.2) is 0 Å². The lowest BCUT2D eigenvalue weighted by Gasteiger charge is -2.28. The van der Waals surface area contributed by atoms with Crippen LogP contribution in [0.3, 0.4) is 0 Å². The molecule has 4 unspecified atom stereocenters. The standard InChI is InChI=1S/C21H39N5O5/c1-12(2)16(20(29)26-17(13(3)4)21(30)31)25-19(28)15(8-5-6-10-22)24-18(27)14-9-7-11-23-14/h12-17,23H,5-11,22H2,1-4H3,(H,24,27)(H,25,28)(H,26,29)(H,30,31). The lowest BCUT2D eigenvalue weighted by Crippen LogP contribution is -2.58. The molecule has 178 valence electrons. The van der Waals surface area contributed by atoms with Crippen molar-refractivity contribution in [1.82, 2.24) is 21.3 Å². The highest BCUT2D eigenvalue weighted by molar-refractivity contribution is 5.94.